The summed E-state index contributed by atoms with van der Waals surface area (Å²) in [5.74, 6) is 3.35. The largest absolute Gasteiger partial charge is 0.393 e. The zero-order valence-electron chi connectivity index (χ0n) is 9.74. The summed E-state index contributed by atoms with van der Waals surface area (Å²) >= 11 is 0. The van der Waals surface area contributed by atoms with Crippen molar-refractivity contribution in [2.24, 2.45) is 5.92 Å². The van der Waals surface area contributed by atoms with Gasteiger partial charge in [-0.15, -0.1) is 6.42 Å². The molecule has 0 radical (unpaired) electrons. The van der Waals surface area contributed by atoms with Crippen LogP contribution in [0.2, 0.25) is 0 Å². The van der Waals surface area contributed by atoms with Gasteiger partial charge in [0.2, 0.25) is 0 Å². The summed E-state index contributed by atoms with van der Waals surface area (Å²) in [6.07, 6.45) is 10.00. The molecule has 2 aliphatic rings. The minimum absolute atomic E-state index is 0.0951. The number of hydrogen-bond donors (Lipinski definition) is 1. The Morgan fingerprint density at radius 3 is 2.73 bits per heavy atom. The Balaban J connectivity index is 2.18. The number of rotatable bonds is 1. The van der Waals surface area contributed by atoms with E-state index in [1.165, 1.54) is 19.3 Å². The fourth-order valence-electron chi connectivity index (χ4n) is 3.23. The minimum atomic E-state index is -0.159. The molecule has 0 aromatic heterocycles. The van der Waals surface area contributed by atoms with Crippen molar-refractivity contribution in [2.45, 2.75) is 57.2 Å². The lowest BCUT2D eigenvalue weighted by molar-refractivity contribution is -0.0300. The van der Waals surface area contributed by atoms with Gasteiger partial charge in [0.05, 0.1) is 11.6 Å². The number of hydrogen-bond acceptors (Lipinski definition) is 2. The summed E-state index contributed by atoms with van der Waals surface area (Å²) in [7, 11) is 0. The molecule has 2 fully saturated rings. The molecule has 3 unspecified atom stereocenters. The summed E-state index contributed by atoms with van der Waals surface area (Å²) in [5, 5.41) is 9.96. The molecule has 1 aliphatic heterocycles. The Morgan fingerprint density at radius 2 is 2.07 bits per heavy atom. The van der Waals surface area contributed by atoms with E-state index in [4.69, 9.17) is 6.42 Å². The van der Waals surface area contributed by atoms with E-state index in [1.807, 2.05) is 0 Å². The van der Waals surface area contributed by atoms with E-state index < -0.39 is 0 Å². The highest BCUT2D eigenvalue weighted by Crippen LogP contribution is 2.39. The van der Waals surface area contributed by atoms with E-state index in [2.05, 4.69) is 24.7 Å². The van der Waals surface area contributed by atoms with Crippen molar-refractivity contribution >= 4 is 0 Å². The van der Waals surface area contributed by atoms with Crippen molar-refractivity contribution in [3.63, 3.8) is 0 Å². The monoisotopic (exact) mass is 207 g/mol. The Labute approximate surface area is 92.7 Å². The first kappa shape index (κ1) is 11.0. The minimum Gasteiger partial charge on any atom is -0.393 e. The number of piperidine rings is 1. The Bertz CT molecular complexity index is 279. The number of terminal acetylenes is 1. The molecule has 1 N–H and O–H groups in total. The number of aliphatic hydroxyl groups is 1. The topological polar surface area (TPSA) is 23.5 Å². The lowest BCUT2D eigenvalue weighted by atomic mass is 9.85. The smallest absolute Gasteiger partial charge is 0.0768 e. The second-order valence-corrected chi connectivity index (χ2v) is 5.41. The quantitative estimate of drug-likeness (QED) is 0.661. The molecule has 0 aromatic carbocycles. The van der Waals surface area contributed by atoms with Crippen molar-refractivity contribution in [2.75, 3.05) is 6.54 Å². The Kier molecular flexibility index (Phi) is 2.79. The number of nitrogens with zero attached hydrogens (tertiary/aromatic N) is 1. The maximum atomic E-state index is 9.96. The molecule has 84 valence electrons. The normalized spacial score (nSPS) is 37.3. The van der Waals surface area contributed by atoms with Gasteiger partial charge >= 0.3 is 0 Å². The molecule has 3 atom stereocenters. The van der Waals surface area contributed by atoms with Crippen LogP contribution in [-0.4, -0.2) is 34.2 Å². The van der Waals surface area contributed by atoms with Gasteiger partial charge in [-0.05, 0) is 33.1 Å². The van der Waals surface area contributed by atoms with E-state index >= 15 is 0 Å². The SMILES string of the molecule is C#CC(C)(C)N1CCC(O)C2CCCC21. The third-order valence-corrected chi connectivity index (χ3v) is 4.16. The van der Waals surface area contributed by atoms with Gasteiger partial charge in [0.1, 0.15) is 0 Å². The highest BCUT2D eigenvalue weighted by atomic mass is 16.3. The highest BCUT2D eigenvalue weighted by molar-refractivity contribution is 5.12. The molecule has 2 rings (SSSR count). The standard InChI is InChI=1S/C13H21NO/c1-4-13(2,3)14-9-8-12(15)10-6-5-7-11(10)14/h1,10-12,15H,5-9H2,2-3H3. The number of fused-ring (bicyclic) bond motifs is 1. The maximum Gasteiger partial charge on any atom is 0.0768 e. The summed E-state index contributed by atoms with van der Waals surface area (Å²) in [4.78, 5) is 2.43. The van der Waals surface area contributed by atoms with Crippen LogP contribution < -0.4 is 0 Å². The van der Waals surface area contributed by atoms with Crippen molar-refractivity contribution in [1.82, 2.24) is 4.90 Å². The Hall–Kier alpha value is -0.520. The van der Waals surface area contributed by atoms with Gasteiger partial charge in [0.25, 0.3) is 0 Å². The van der Waals surface area contributed by atoms with E-state index in [0.717, 1.165) is 13.0 Å². The van der Waals surface area contributed by atoms with E-state index in [9.17, 15) is 5.11 Å². The van der Waals surface area contributed by atoms with Crippen LogP contribution in [-0.2, 0) is 0 Å². The van der Waals surface area contributed by atoms with Crippen LogP contribution in [0.5, 0.6) is 0 Å². The molecule has 15 heavy (non-hydrogen) atoms. The van der Waals surface area contributed by atoms with E-state index in [1.54, 1.807) is 0 Å². The lowest BCUT2D eigenvalue weighted by Crippen LogP contribution is -2.56. The summed E-state index contributed by atoms with van der Waals surface area (Å²) in [5.41, 5.74) is -0.159. The van der Waals surface area contributed by atoms with Crippen LogP contribution >= 0.6 is 0 Å². The van der Waals surface area contributed by atoms with Gasteiger partial charge in [-0.1, -0.05) is 12.3 Å². The van der Waals surface area contributed by atoms with Crippen LogP contribution in [0.3, 0.4) is 0 Å². The van der Waals surface area contributed by atoms with Crippen molar-refractivity contribution in [1.29, 1.82) is 0 Å². The molecular formula is C13H21NO. The van der Waals surface area contributed by atoms with Gasteiger partial charge in [-0.25, -0.2) is 0 Å². The summed E-state index contributed by atoms with van der Waals surface area (Å²) in [6, 6.07) is 0.514. The second kappa shape index (κ2) is 3.81. The van der Waals surface area contributed by atoms with Gasteiger partial charge < -0.3 is 5.11 Å². The van der Waals surface area contributed by atoms with Gasteiger partial charge in [-0.2, -0.15) is 0 Å². The highest BCUT2D eigenvalue weighted by Gasteiger charge is 2.44. The molecule has 2 heteroatoms. The predicted octanol–water partition coefficient (Wildman–Crippen LogP) is 1.63. The van der Waals surface area contributed by atoms with Crippen LogP contribution in [0, 0.1) is 18.3 Å². The van der Waals surface area contributed by atoms with Crippen LogP contribution in [0.4, 0.5) is 0 Å². The molecule has 1 saturated heterocycles. The molecule has 1 aliphatic carbocycles. The van der Waals surface area contributed by atoms with Crippen molar-refractivity contribution in [3.8, 4) is 12.3 Å². The fraction of sp³-hybridized carbons (Fsp3) is 0.846. The molecule has 0 spiro atoms. The third kappa shape index (κ3) is 1.79. The molecule has 1 saturated carbocycles. The number of likely N-dealkylation sites (tertiary alicyclic amines) is 1. The van der Waals surface area contributed by atoms with Gasteiger partial charge in [0.15, 0.2) is 0 Å². The van der Waals surface area contributed by atoms with Crippen LogP contribution in [0.1, 0.15) is 39.5 Å². The van der Waals surface area contributed by atoms with Gasteiger partial charge in [-0.3, -0.25) is 4.90 Å². The first-order chi connectivity index (χ1) is 7.06. The lowest BCUT2D eigenvalue weighted by Gasteiger charge is -2.46. The summed E-state index contributed by atoms with van der Waals surface area (Å²) in [6.45, 7) is 5.17. The zero-order chi connectivity index (χ0) is 11.1. The third-order valence-electron chi connectivity index (χ3n) is 4.16. The fourth-order valence-corrected chi connectivity index (χ4v) is 3.23. The molecule has 0 amide bonds. The summed E-state index contributed by atoms with van der Waals surface area (Å²) < 4.78 is 0. The van der Waals surface area contributed by atoms with Crippen LogP contribution in [0.25, 0.3) is 0 Å². The zero-order valence-corrected chi connectivity index (χ0v) is 9.74. The average molecular weight is 207 g/mol. The number of aliphatic hydroxyl groups excluding tert-OH is 1. The average Bonchev–Trinajstić information content (AvgIpc) is 2.67. The molecule has 2 nitrogen and oxygen atoms in total. The maximum absolute atomic E-state index is 9.96. The van der Waals surface area contributed by atoms with Crippen molar-refractivity contribution < 1.29 is 5.11 Å². The molecule has 0 bridgehead atoms. The van der Waals surface area contributed by atoms with Gasteiger partial charge in [0, 0.05) is 18.5 Å². The first-order valence-corrected chi connectivity index (χ1v) is 5.99. The molecular weight excluding hydrogens is 186 g/mol. The second-order valence-electron chi connectivity index (χ2n) is 5.41. The molecule has 1 heterocycles. The van der Waals surface area contributed by atoms with E-state index in [0.29, 0.717) is 12.0 Å². The van der Waals surface area contributed by atoms with Crippen molar-refractivity contribution in [3.05, 3.63) is 0 Å². The predicted molar refractivity (Wildman–Crippen MR) is 61.4 cm³/mol. The Morgan fingerprint density at radius 1 is 1.33 bits per heavy atom. The first-order valence-electron chi connectivity index (χ1n) is 5.99. The van der Waals surface area contributed by atoms with Crippen LogP contribution in [0.15, 0.2) is 0 Å². The molecule has 0 aromatic rings. The van der Waals surface area contributed by atoms with E-state index in [-0.39, 0.29) is 11.6 Å².